The van der Waals surface area contributed by atoms with Gasteiger partial charge in [-0.15, -0.1) is 0 Å². The van der Waals surface area contributed by atoms with Crippen molar-refractivity contribution in [2.24, 2.45) is 5.10 Å². The van der Waals surface area contributed by atoms with Crippen molar-refractivity contribution in [3.63, 3.8) is 0 Å². The molecule has 3 aromatic rings. The molecule has 2 amide bonds. The summed E-state index contributed by atoms with van der Waals surface area (Å²) in [7, 11) is 0. The van der Waals surface area contributed by atoms with E-state index in [1.54, 1.807) is 30.5 Å². The molecule has 0 radical (unpaired) electrons. The van der Waals surface area contributed by atoms with Gasteiger partial charge in [0.25, 0.3) is 0 Å². The first-order valence-corrected chi connectivity index (χ1v) is 8.91. The monoisotopic (exact) mass is 374 g/mol. The summed E-state index contributed by atoms with van der Waals surface area (Å²) in [6.45, 7) is 6.05. The molecule has 0 fully saturated rings. The number of aryl methyl sites for hydroxylation is 2. The van der Waals surface area contributed by atoms with Crippen molar-refractivity contribution in [2.75, 3.05) is 5.32 Å². The van der Waals surface area contributed by atoms with Crippen molar-refractivity contribution in [3.8, 4) is 5.69 Å². The fourth-order valence-electron chi connectivity index (χ4n) is 3.00. The summed E-state index contributed by atoms with van der Waals surface area (Å²) < 4.78 is 2.12. The Kier molecular flexibility index (Phi) is 5.69. The summed E-state index contributed by atoms with van der Waals surface area (Å²) in [6.07, 6.45) is 1.54. The van der Waals surface area contributed by atoms with Gasteiger partial charge in [-0.3, -0.25) is 9.59 Å². The van der Waals surface area contributed by atoms with Gasteiger partial charge in [-0.2, -0.15) is 5.10 Å². The second-order valence-corrected chi connectivity index (χ2v) is 6.52. The molecule has 0 saturated heterocycles. The molecule has 2 aromatic carbocycles. The van der Waals surface area contributed by atoms with Crippen molar-refractivity contribution >= 4 is 23.7 Å². The molecule has 0 atom stereocenters. The van der Waals surface area contributed by atoms with Crippen LogP contribution < -0.4 is 10.7 Å². The number of carbonyl (C=O) groups excluding carboxylic acids is 2. The van der Waals surface area contributed by atoms with Crippen LogP contribution in [0.4, 0.5) is 5.69 Å². The van der Waals surface area contributed by atoms with Crippen LogP contribution in [0.1, 0.15) is 22.5 Å². The molecule has 1 heterocycles. The molecule has 2 N–H and O–H groups in total. The van der Waals surface area contributed by atoms with Gasteiger partial charge in [0, 0.05) is 28.3 Å². The molecule has 0 unspecified atom stereocenters. The van der Waals surface area contributed by atoms with Crippen molar-refractivity contribution in [1.29, 1.82) is 0 Å². The summed E-state index contributed by atoms with van der Waals surface area (Å²) in [5.41, 5.74) is 7.97. The molecular formula is C22H22N4O2. The number of hydrogen-bond donors (Lipinski definition) is 2. The molecule has 28 heavy (non-hydrogen) atoms. The zero-order valence-corrected chi connectivity index (χ0v) is 16.1. The first-order chi connectivity index (χ1) is 13.5. The Morgan fingerprint density at radius 1 is 0.929 bits per heavy atom. The van der Waals surface area contributed by atoms with E-state index in [4.69, 9.17) is 0 Å². The molecule has 0 aliphatic heterocycles. The van der Waals surface area contributed by atoms with E-state index in [0.717, 1.165) is 22.6 Å². The zero-order valence-electron chi connectivity index (χ0n) is 16.1. The van der Waals surface area contributed by atoms with Crippen LogP contribution in [0.5, 0.6) is 0 Å². The lowest BCUT2D eigenvalue weighted by Crippen LogP contribution is -2.32. The fraction of sp³-hybridized carbons (Fsp3) is 0.136. The highest BCUT2D eigenvalue weighted by Gasteiger charge is 2.13. The summed E-state index contributed by atoms with van der Waals surface area (Å²) in [5, 5.41) is 6.44. The molecule has 0 saturated carbocycles. The number of hydrogen-bond acceptors (Lipinski definition) is 3. The van der Waals surface area contributed by atoms with E-state index in [1.165, 1.54) is 5.56 Å². The Bertz CT molecular complexity index is 1040. The number of para-hydroxylation sites is 1. The van der Waals surface area contributed by atoms with Crippen molar-refractivity contribution in [1.82, 2.24) is 9.99 Å². The Morgan fingerprint density at radius 3 is 2.39 bits per heavy atom. The Morgan fingerprint density at radius 2 is 1.68 bits per heavy atom. The lowest BCUT2D eigenvalue weighted by molar-refractivity contribution is -0.136. The van der Waals surface area contributed by atoms with E-state index in [0.29, 0.717) is 5.69 Å². The quantitative estimate of drug-likeness (QED) is 0.417. The van der Waals surface area contributed by atoms with E-state index in [2.05, 4.69) is 39.5 Å². The molecule has 0 aliphatic carbocycles. The van der Waals surface area contributed by atoms with E-state index in [1.807, 2.05) is 38.1 Å². The molecule has 0 spiro atoms. The summed E-state index contributed by atoms with van der Waals surface area (Å²) >= 11 is 0. The number of anilines is 1. The van der Waals surface area contributed by atoms with Gasteiger partial charge in [0.2, 0.25) is 0 Å². The van der Waals surface area contributed by atoms with Gasteiger partial charge < -0.3 is 9.88 Å². The van der Waals surface area contributed by atoms with Crippen molar-refractivity contribution in [2.45, 2.75) is 20.8 Å². The van der Waals surface area contributed by atoms with Crippen LogP contribution in [0.15, 0.2) is 65.8 Å². The van der Waals surface area contributed by atoms with Crippen LogP contribution in [0.3, 0.4) is 0 Å². The van der Waals surface area contributed by atoms with Crippen LogP contribution in [0.2, 0.25) is 0 Å². The van der Waals surface area contributed by atoms with Crippen LogP contribution in [-0.2, 0) is 9.59 Å². The maximum Gasteiger partial charge on any atom is 0.329 e. The standard InChI is InChI=1S/C22H22N4O2/c1-15-8-7-11-20(12-15)26-16(2)13-18(17(26)3)14-23-25-22(28)21(27)24-19-9-5-4-6-10-19/h4-14H,1-3H3,(H,24,27)(H,25,28)/b23-14-. The van der Waals surface area contributed by atoms with Gasteiger partial charge in [0.05, 0.1) is 6.21 Å². The zero-order chi connectivity index (χ0) is 20.1. The highest BCUT2D eigenvalue weighted by atomic mass is 16.2. The topological polar surface area (TPSA) is 75.5 Å². The Labute approximate surface area is 163 Å². The number of amides is 2. The number of hydrazone groups is 1. The van der Waals surface area contributed by atoms with Crippen LogP contribution in [0.25, 0.3) is 5.69 Å². The van der Waals surface area contributed by atoms with Gasteiger partial charge in [0.1, 0.15) is 0 Å². The third-order valence-corrected chi connectivity index (χ3v) is 4.34. The molecule has 0 aliphatic rings. The second kappa shape index (κ2) is 8.35. The lowest BCUT2D eigenvalue weighted by Gasteiger charge is -2.10. The molecule has 6 nitrogen and oxygen atoms in total. The largest absolute Gasteiger partial charge is 0.329 e. The first-order valence-electron chi connectivity index (χ1n) is 8.91. The highest BCUT2D eigenvalue weighted by Crippen LogP contribution is 2.20. The van der Waals surface area contributed by atoms with E-state index < -0.39 is 11.8 Å². The SMILES string of the molecule is Cc1cccc(-n2c(C)cc(/C=N\NC(=O)C(=O)Nc3ccccc3)c2C)c1. The lowest BCUT2D eigenvalue weighted by atomic mass is 10.2. The minimum atomic E-state index is -0.826. The normalized spacial score (nSPS) is 10.8. The molecule has 142 valence electrons. The number of rotatable bonds is 4. The summed E-state index contributed by atoms with van der Waals surface area (Å²) in [4.78, 5) is 23.8. The van der Waals surface area contributed by atoms with Gasteiger partial charge in [-0.1, -0.05) is 30.3 Å². The minimum absolute atomic E-state index is 0.549. The van der Waals surface area contributed by atoms with Gasteiger partial charge >= 0.3 is 11.8 Å². The minimum Gasteiger partial charge on any atom is -0.318 e. The van der Waals surface area contributed by atoms with Crippen LogP contribution >= 0.6 is 0 Å². The van der Waals surface area contributed by atoms with Crippen molar-refractivity contribution in [3.05, 3.63) is 83.2 Å². The third-order valence-electron chi connectivity index (χ3n) is 4.34. The first kappa shape index (κ1) is 19.1. The predicted molar refractivity (Wildman–Crippen MR) is 111 cm³/mol. The highest BCUT2D eigenvalue weighted by molar-refractivity contribution is 6.39. The average molecular weight is 374 g/mol. The molecule has 6 heteroatoms. The second-order valence-electron chi connectivity index (χ2n) is 6.52. The third kappa shape index (κ3) is 4.35. The average Bonchev–Trinajstić information content (AvgIpc) is 2.96. The molecule has 0 bridgehead atoms. The number of nitrogens with zero attached hydrogens (tertiary/aromatic N) is 2. The van der Waals surface area contributed by atoms with Crippen LogP contribution in [-0.4, -0.2) is 22.6 Å². The Balaban J connectivity index is 1.68. The number of carbonyl (C=O) groups is 2. The number of aromatic nitrogens is 1. The van der Waals surface area contributed by atoms with Crippen molar-refractivity contribution < 1.29 is 9.59 Å². The Hall–Kier alpha value is -3.67. The fourth-order valence-corrected chi connectivity index (χ4v) is 3.00. The van der Waals surface area contributed by atoms with Crippen LogP contribution in [0, 0.1) is 20.8 Å². The van der Waals surface area contributed by atoms with E-state index in [9.17, 15) is 9.59 Å². The summed E-state index contributed by atoms with van der Waals surface area (Å²) in [5.74, 6) is -1.60. The maximum absolute atomic E-state index is 11.9. The molecular weight excluding hydrogens is 352 g/mol. The summed E-state index contributed by atoms with van der Waals surface area (Å²) in [6, 6.07) is 19.0. The van der Waals surface area contributed by atoms with Gasteiger partial charge in [0.15, 0.2) is 0 Å². The number of nitrogens with one attached hydrogen (secondary N) is 2. The molecule has 1 aromatic heterocycles. The van der Waals surface area contributed by atoms with Gasteiger partial charge in [-0.05, 0) is 56.7 Å². The van der Waals surface area contributed by atoms with E-state index in [-0.39, 0.29) is 0 Å². The molecule has 3 rings (SSSR count). The number of benzene rings is 2. The van der Waals surface area contributed by atoms with E-state index >= 15 is 0 Å². The maximum atomic E-state index is 11.9. The van der Waals surface area contributed by atoms with Gasteiger partial charge in [-0.25, -0.2) is 5.43 Å². The smallest absolute Gasteiger partial charge is 0.318 e. The predicted octanol–water partition coefficient (Wildman–Crippen LogP) is 3.49.